The van der Waals surface area contributed by atoms with Gasteiger partial charge in [0.15, 0.2) is 0 Å². The van der Waals surface area contributed by atoms with Crippen LogP contribution in [-0.2, 0) is 0 Å². The van der Waals surface area contributed by atoms with Crippen LogP contribution in [0, 0.1) is 12.7 Å². The van der Waals surface area contributed by atoms with Gasteiger partial charge in [-0.3, -0.25) is 4.79 Å². The number of amides is 1. The first-order valence-electron chi connectivity index (χ1n) is 7.27. The Morgan fingerprint density at radius 1 is 1.09 bits per heavy atom. The van der Waals surface area contributed by atoms with Crippen LogP contribution in [0.2, 0.25) is 0 Å². The van der Waals surface area contributed by atoms with Crippen LogP contribution >= 0.6 is 0 Å². The Morgan fingerprint density at radius 2 is 1.73 bits per heavy atom. The second kappa shape index (κ2) is 7.59. The van der Waals surface area contributed by atoms with E-state index in [1.165, 1.54) is 12.1 Å². The maximum absolute atomic E-state index is 12.8. The molecule has 1 amide bonds. The van der Waals surface area contributed by atoms with E-state index in [0.717, 1.165) is 5.56 Å². The largest absolute Gasteiger partial charge is 0.494 e. The molecule has 2 aromatic rings. The van der Waals surface area contributed by atoms with Crippen molar-refractivity contribution >= 4 is 5.91 Å². The van der Waals surface area contributed by atoms with Gasteiger partial charge >= 0.3 is 0 Å². The molecule has 0 atom stereocenters. The molecule has 0 aliphatic rings. The van der Waals surface area contributed by atoms with E-state index in [9.17, 15) is 9.18 Å². The summed E-state index contributed by atoms with van der Waals surface area (Å²) in [6, 6.07) is 13.4. The highest BCUT2D eigenvalue weighted by molar-refractivity contribution is 5.94. The molecule has 0 bridgehead atoms. The zero-order valence-electron chi connectivity index (χ0n) is 12.9. The minimum absolute atomic E-state index is 0.00165. The summed E-state index contributed by atoms with van der Waals surface area (Å²) in [5, 5.41) is 0. The molecule has 0 radical (unpaired) electrons. The topological polar surface area (TPSA) is 29.5 Å². The number of hydrogen-bond acceptors (Lipinski definition) is 2. The average Bonchev–Trinajstić information content (AvgIpc) is 2.53. The third kappa shape index (κ3) is 4.58. The Morgan fingerprint density at radius 3 is 2.36 bits per heavy atom. The standard InChI is InChI=1S/C18H20FNO2/c1-14-4-6-15(7-5-14)18(21)20(2)12-3-13-22-17-10-8-16(19)9-11-17/h4-11H,3,12-13H2,1-2H3. The van der Waals surface area contributed by atoms with Crippen molar-refractivity contribution in [3.8, 4) is 5.75 Å². The fourth-order valence-corrected chi connectivity index (χ4v) is 2.04. The zero-order valence-corrected chi connectivity index (χ0v) is 12.9. The van der Waals surface area contributed by atoms with Crippen LogP contribution in [0.15, 0.2) is 48.5 Å². The zero-order chi connectivity index (χ0) is 15.9. The number of aryl methyl sites for hydroxylation is 1. The summed E-state index contributed by atoms with van der Waals surface area (Å²) < 4.78 is 18.3. The normalized spacial score (nSPS) is 10.3. The molecule has 0 aromatic heterocycles. The third-order valence-corrected chi connectivity index (χ3v) is 3.37. The monoisotopic (exact) mass is 301 g/mol. The molecule has 0 heterocycles. The van der Waals surface area contributed by atoms with Gasteiger partial charge in [-0.25, -0.2) is 4.39 Å². The van der Waals surface area contributed by atoms with Crippen molar-refractivity contribution in [1.82, 2.24) is 4.90 Å². The summed E-state index contributed by atoms with van der Waals surface area (Å²) in [5.74, 6) is 0.353. The van der Waals surface area contributed by atoms with Crippen molar-refractivity contribution in [2.24, 2.45) is 0 Å². The quantitative estimate of drug-likeness (QED) is 0.762. The van der Waals surface area contributed by atoms with Gasteiger partial charge < -0.3 is 9.64 Å². The number of halogens is 1. The van der Waals surface area contributed by atoms with E-state index >= 15 is 0 Å². The molecule has 0 spiro atoms. The van der Waals surface area contributed by atoms with Crippen LogP contribution in [0.25, 0.3) is 0 Å². The lowest BCUT2D eigenvalue weighted by atomic mass is 10.1. The molecular weight excluding hydrogens is 281 g/mol. The molecule has 0 N–H and O–H groups in total. The molecule has 0 saturated heterocycles. The highest BCUT2D eigenvalue weighted by atomic mass is 19.1. The Kier molecular flexibility index (Phi) is 5.53. The Bertz CT molecular complexity index is 608. The van der Waals surface area contributed by atoms with E-state index in [0.29, 0.717) is 30.9 Å². The van der Waals surface area contributed by atoms with Gasteiger partial charge in [0.25, 0.3) is 5.91 Å². The molecule has 0 aliphatic carbocycles. The summed E-state index contributed by atoms with van der Waals surface area (Å²) in [6.07, 6.45) is 0.714. The number of nitrogens with zero attached hydrogens (tertiary/aromatic N) is 1. The molecule has 116 valence electrons. The van der Waals surface area contributed by atoms with Crippen molar-refractivity contribution in [3.63, 3.8) is 0 Å². The first kappa shape index (κ1) is 16.0. The van der Waals surface area contributed by atoms with Crippen LogP contribution in [0.1, 0.15) is 22.3 Å². The van der Waals surface area contributed by atoms with E-state index in [4.69, 9.17) is 4.74 Å². The molecular formula is C18H20FNO2. The van der Waals surface area contributed by atoms with Crippen LogP contribution < -0.4 is 4.74 Å². The van der Waals surface area contributed by atoms with E-state index in [-0.39, 0.29) is 11.7 Å². The van der Waals surface area contributed by atoms with Crippen molar-refractivity contribution in [3.05, 3.63) is 65.5 Å². The van der Waals surface area contributed by atoms with Crippen molar-refractivity contribution in [2.45, 2.75) is 13.3 Å². The highest BCUT2D eigenvalue weighted by Crippen LogP contribution is 2.11. The maximum Gasteiger partial charge on any atom is 0.253 e. The lowest BCUT2D eigenvalue weighted by Gasteiger charge is -2.17. The second-order valence-corrected chi connectivity index (χ2v) is 5.25. The predicted molar refractivity (Wildman–Crippen MR) is 84.7 cm³/mol. The van der Waals surface area contributed by atoms with Crippen molar-refractivity contribution in [1.29, 1.82) is 0 Å². The van der Waals surface area contributed by atoms with Crippen molar-refractivity contribution < 1.29 is 13.9 Å². The smallest absolute Gasteiger partial charge is 0.253 e. The molecule has 4 heteroatoms. The minimum atomic E-state index is -0.282. The molecule has 0 saturated carbocycles. The Labute approximate surface area is 130 Å². The van der Waals surface area contributed by atoms with Crippen LogP contribution in [0.3, 0.4) is 0 Å². The van der Waals surface area contributed by atoms with Gasteiger partial charge in [0, 0.05) is 19.2 Å². The fraction of sp³-hybridized carbons (Fsp3) is 0.278. The number of carbonyl (C=O) groups is 1. The second-order valence-electron chi connectivity index (χ2n) is 5.25. The van der Waals surface area contributed by atoms with Gasteiger partial charge in [-0.2, -0.15) is 0 Å². The Balaban J connectivity index is 1.75. The minimum Gasteiger partial charge on any atom is -0.494 e. The SMILES string of the molecule is Cc1ccc(C(=O)N(C)CCCOc2ccc(F)cc2)cc1. The highest BCUT2D eigenvalue weighted by Gasteiger charge is 2.10. The first-order valence-corrected chi connectivity index (χ1v) is 7.27. The maximum atomic E-state index is 12.8. The molecule has 0 unspecified atom stereocenters. The number of hydrogen-bond donors (Lipinski definition) is 0. The van der Waals surface area contributed by atoms with Gasteiger partial charge in [0.2, 0.25) is 0 Å². The van der Waals surface area contributed by atoms with E-state index in [1.807, 2.05) is 31.2 Å². The lowest BCUT2D eigenvalue weighted by molar-refractivity contribution is 0.0788. The summed E-state index contributed by atoms with van der Waals surface area (Å²) in [6.45, 7) is 3.08. The molecule has 0 fully saturated rings. The number of ether oxygens (including phenoxy) is 1. The van der Waals surface area contributed by atoms with Gasteiger partial charge in [-0.05, 0) is 49.7 Å². The molecule has 3 nitrogen and oxygen atoms in total. The fourth-order valence-electron chi connectivity index (χ4n) is 2.04. The Hall–Kier alpha value is -2.36. The summed E-state index contributed by atoms with van der Waals surface area (Å²) in [4.78, 5) is 13.9. The summed E-state index contributed by atoms with van der Waals surface area (Å²) >= 11 is 0. The van der Waals surface area contributed by atoms with E-state index in [1.54, 1.807) is 24.1 Å². The lowest BCUT2D eigenvalue weighted by Crippen LogP contribution is -2.28. The third-order valence-electron chi connectivity index (χ3n) is 3.37. The van der Waals surface area contributed by atoms with Crippen LogP contribution in [-0.4, -0.2) is 31.0 Å². The van der Waals surface area contributed by atoms with Crippen LogP contribution in [0.4, 0.5) is 4.39 Å². The molecule has 0 aliphatic heterocycles. The number of carbonyl (C=O) groups excluding carboxylic acids is 1. The van der Waals surface area contributed by atoms with Gasteiger partial charge in [0.1, 0.15) is 11.6 Å². The van der Waals surface area contributed by atoms with E-state index < -0.39 is 0 Å². The van der Waals surface area contributed by atoms with Crippen LogP contribution in [0.5, 0.6) is 5.75 Å². The molecule has 2 aromatic carbocycles. The molecule has 22 heavy (non-hydrogen) atoms. The predicted octanol–water partition coefficient (Wildman–Crippen LogP) is 3.68. The molecule has 2 rings (SSSR count). The van der Waals surface area contributed by atoms with Crippen molar-refractivity contribution in [2.75, 3.05) is 20.2 Å². The van der Waals surface area contributed by atoms with Gasteiger partial charge in [0.05, 0.1) is 6.61 Å². The first-order chi connectivity index (χ1) is 10.6. The van der Waals surface area contributed by atoms with Gasteiger partial charge in [-0.15, -0.1) is 0 Å². The average molecular weight is 301 g/mol. The number of rotatable bonds is 6. The number of benzene rings is 2. The summed E-state index contributed by atoms with van der Waals surface area (Å²) in [7, 11) is 1.78. The summed E-state index contributed by atoms with van der Waals surface area (Å²) in [5.41, 5.74) is 1.82. The van der Waals surface area contributed by atoms with E-state index in [2.05, 4.69) is 0 Å². The van der Waals surface area contributed by atoms with Gasteiger partial charge in [-0.1, -0.05) is 17.7 Å².